The Labute approximate surface area is 226 Å². The van der Waals surface area contributed by atoms with Crippen LogP contribution in [0.4, 0.5) is 0 Å². The van der Waals surface area contributed by atoms with Crippen LogP contribution in [0.5, 0.6) is 5.75 Å². The highest BCUT2D eigenvalue weighted by atomic mass is 28.3. The summed E-state index contributed by atoms with van der Waals surface area (Å²) >= 11 is 0. The molecular formula is C33H44O2Si2. The third-order valence-corrected chi connectivity index (χ3v) is 18.8. The molecule has 2 N–H and O–H groups in total. The first kappa shape index (κ1) is 28.8. The normalized spacial score (nSPS) is 12.9. The highest BCUT2D eigenvalue weighted by Gasteiger charge is 2.24. The van der Waals surface area contributed by atoms with E-state index in [0.717, 1.165) is 56.4 Å². The summed E-state index contributed by atoms with van der Waals surface area (Å²) in [5, 5.41) is 26.0. The molecule has 0 fully saturated rings. The summed E-state index contributed by atoms with van der Waals surface area (Å²) < 4.78 is 0. The van der Waals surface area contributed by atoms with Crippen LogP contribution in [0, 0.1) is 18.4 Å². The van der Waals surface area contributed by atoms with E-state index in [1.165, 1.54) is 18.1 Å². The van der Waals surface area contributed by atoms with Gasteiger partial charge in [0.1, 0.15) is 13.8 Å². The molecule has 0 saturated heterocycles. The van der Waals surface area contributed by atoms with Gasteiger partial charge in [-0.3, -0.25) is 0 Å². The van der Waals surface area contributed by atoms with Crippen molar-refractivity contribution in [3.63, 3.8) is 0 Å². The Morgan fingerprint density at radius 2 is 1.24 bits per heavy atom. The Balaban J connectivity index is 2.18. The lowest BCUT2D eigenvalue weighted by molar-refractivity contribution is 0.443. The van der Waals surface area contributed by atoms with E-state index in [1.54, 1.807) is 0 Å². The van der Waals surface area contributed by atoms with Crippen LogP contribution in [0.3, 0.4) is 0 Å². The lowest BCUT2D eigenvalue weighted by atomic mass is 9.93. The molecule has 3 rings (SSSR count). The van der Waals surface area contributed by atoms with Gasteiger partial charge < -0.3 is 10.2 Å². The number of phenolic OH excluding ortho intramolecular Hbond substituents is 1. The second-order valence-corrected chi connectivity index (χ2v) is 20.5. The largest absolute Gasteiger partial charge is 0.507 e. The van der Waals surface area contributed by atoms with Crippen LogP contribution in [-0.4, -0.2) is 26.4 Å². The molecule has 0 aromatic heterocycles. The van der Waals surface area contributed by atoms with Crippen molar-refractivity contribution in [1.29, 1.82) is 0 Å². The van der Waals surface area contributed by atoms with Gasteiger partial charge >= 0.3 is 0 Å². The molecule has 0 aliphatic carbocycles. The second-order valence-electron chi connectivity index (χ2n) is 10.4. The summed E-state index contributed by atoms with van der Waals surface area (Å²) in [7, 11) is -3.10. The lowest BCUT2D eigenvalue weighted by Crippen LogP contribution is -2.29. The Kier molecular flexibility index (Phi) is 9.50. The minimum absolute atomic E-state index is 0.136. The fourth-order valence-corrected chi connectivity index (χ4v) is 10.6. The monoisotopic (exact) mass is 528 g/mol. The quantitative estimate of drug-likeness (QED) is 0.125. The molecule has 196 valence electrons. The van der Waals surface area contributed by atoms with Gasteiger partial charge in [-0.2, -0.15) is 0 Å². The number of fused-ring (bicyclic) bond motifs is 3. The number of aliphatic hydroxyl groups is 1. The maximum atomic E-state index is 10.8. The van der Waals surface area contributed by atoms with Crippen LogP contribution >= 0.6 is 0 Å². The highest BCUT2D eigenvalue weighted by molar-refractivity contribution is 6.87. The minimum atomic E-state index is -1.63. The molecule has 0 heterocycles. The number of aryl methyl sites for hydroxylation is 1. The number of aliphatic hydroxyl groups excluding tert-OH is 1. The Bertz CT molecular complexity index is 1360. The van der Waals surface area contributed by atoms with E-state index in [4.69, 9.17) is 0 Å². The molecule has 0 unspecified atom stereocenters. The number of benzene rings is 3. The van der Waals surface area contributed by atoms with Crippen LogP contribution in [0.2, 0.25) is 36.3 Å². The van der Waals surface area contributed by atoms with E-state index >= 15 is 0 Å². The van der Waals surface area contributed by atoms with Crippen molar-refractivity contribution < 1.29 is 10.2 Å². The van der Waals surface area contributed by atoms with Gasteiger partial charge in [0.2, 0.25) is 0 Å². The molecule has 37 heavy (non-hydrogen) atoms. The first-order valence-electron chi connectivity index (χ1n) is 14.0. The first-order chi connectivity index (χ1) is 17.7. The Hall–Kier alpha value is -2.75. The van der Waals surface area contributed by atoms with Crippen molar-refractivity contribution in [1.82, 2.24) is 0 Å². The van der Waals surface area contributed by atoms with Gasteiger partial charge in [0.15, 0.2) is 5.76 Å². The Morgan fingerprint density at radius 3 is 1.78 bits per heavy atom. The van der Waals surface area contributed by atoms with Crippen molar-refractivity contribution in [3.8, 4) is 17.2 Å². The fraction of sp³-hybridized carbons (Fsp3) is 0.394. The Morgan fingerprint density at radius 1 is 0.730 bits per heavy atom. The van der Waals surface area contributed by atoms with E-state index < -0.39 is 16.1 Å². The van der Waals surface area contributed by atoms with Crippen LogP contribution in [-0.2, 0) is 0 Å². The van der Waals surface area contributed by atoms with Crippen molar-refractivity contribution in [2.45, 2.75) is 84.7 Å². The van der Waals surface area contributed by atoms with Gasteiger partial charge in [0.05, 0.1) is 8.07 Å². The fourth-order valence-electron chi connectivity index (χ4n) is 5.48. The summed E-state index contributed by atoms with van der Waals surface area (Å²) in [6.07, 6.45) is 4.01. The highest BCUT2D eigenvalue weighted by Crippen LogP contribution is 2.36. The molecule has 0 spiro atoms. The van der Waals surface area contributed by atoms with Gasteiger partial charge in [-0.05, 0) is 75.8 Å². The van der Waals surface area contributed by atoms with Gasteiger partial charge in [0.25, 0.3) is 0 Å². The zero-order valence-corrected chi connectivity index (χ0v) is 25.8. The van der Waals surface area contributed by atoms with Gasteiger partial charge in [0, 0.05) is 5.56 Å². The summed E-state index contributed by atoms with van der Waals surface area (Å²) in [6, 6.07) is 19.3. The maximum absolute atomic E-state index is 10.8. The third-order valence-electron chi connectivity index (χ3n) is 8.96. The number of rotatable bonds is 9. The van der Waals surface area contributed by atoms with Crippen LogP contribution in [0.1, 0.15) is 58.2 Å². The standard InChI is InChI=1S/C33H44O2Si2/c1-8-36(9-2,10-3)22-20-26(34)24-32-25(7)14-15-27-28-18-19-33(35)31(29(28)16-17-30(27)32)21-23-37(11-4,12-5)13-6/h14-19,21,23-24,34-35H,8-13H2,1-7H3/b23-21+,26-24-. The third kappa shape index (κ3) is 5.89. The van der Waals surface area contributed by atoms with Crippen molar-refractivity contribution >= 4 is 49.8 Å². The zero-order chi connectivity index (χ0) is 27.2. The van der Waals surface area contributed by atoms with E-state index in [1.807, 2.05) is 18.2 Å². The molecule has 3 aromatic carbocycles. The van der Waals surface area contributed by atoms with Gasteiger partial charge in [-0.25, -0.2) is 0 Å². The summed E-state index contributed by atoms with van der Waals surface area (Å²) in [5.41, 5.74) is 8.93. The van der Waals surface area contributed by atoms with E-state index in [2.05, 4.69) is 96.0 Å². The molecule has 3 aromatic rings. The molecule has 4 heteroatoms. The first-order valence-corrected chi connectivity index (χ1v) is 19.4. The smallest absolute Gasteiger partial charge is 0.167 e. The predicted molar refractivity (Wildman–Crippen MR) is 170 cm³/mol. The van der Waals surface area contributed by atoms with Gasteiger partial charge in [-0.15, -0.1) is 5.54 Å². The van der Waals surface area contributed by atoms with Gasteiger partial charge in [-0.1, -0.05) is 102 Å². The molecule has 0 amide bonds. The summed E-state index contributed by atoms with van der Waals surface area (Å²) in [4.78, 5) is 0. The number of hydrogen-bond acceptors (Lipinski definition) is 2. The molecule has 0 atom stereocenters. The minimum Gasteiger partial charge on any atom is -0.507 e. The molecule has 0 bridgehead atoms. The summed E-state index contributed by atoms with van der Waals surface area (Å²) in [5.74, 6) is 3.57. The van der Waals surface area contributed by atoms with Crippen molar-refractivity contribution in [2.75, 3.05) is 0 Å². The van der Waals surface area contributed by atoms with Crippen molar-refractivity contribution in [3.05, 3.63) is 64.5 Å². The average Bonchev–Trinajstić information content (AvgIpc) is 2.92. The molecule has 0 aliphatic rings. The maximum Gasteiger partial charge on any atom is 0.167 e. The molecule has 0 aliphatic heterocycles. The zero-order valence-electron chi connectivity index (χ0n) is 23.8. The summed E-state index contributed by atoms with van der Waals surface area (Å²) in [6.45, 7) is 15.7. The molecule has 2 nitrogen and oxygen atoms in total. The topological polar surface area (TPSA) is 40.5 Å². The molecule has 0 saturated carbocycles. The molecule has 0 radical (unpaired) electrons. The average molecular weight is 529 g/mol. The number of hydrogen-bond donors (Lipinski definition) is 2. The second kappa shape index (κ2) is 12.2. The van der Waals surface area contributed by atoms with E-state index in [-0.39, 0.29) is 5.76 Å². The number of phenols is 1. The van der Waals surface area contributed by atoms with E-state index in [9.17, 15) is 10.2 Å². The predicted octanol–water partition coefficient (Wildman–Crippen LogP) is 10.0. The molecular weight excluding hydrogens is 485 g/mol. The van der Waals surface area contributed by atoms with Crippen molar-refractivity contribution in [2.24, 2.45) is 0 Å². The SMILES string of the molecule is CC[Si](C#C/C(O)=C/c1c(C)ccc2c1ccc1c(/C=C/[Si](CC)(CC)CC)c(O)ccc12)(CC)CC. The number of aromatic hydroxyl groups is 1. The van der Waals surface area contributed by atoms with Crippen LogP contribution in [0.25, 0.3) is 33.7 Å². The van der Waals surface area contributed by atoms with Crippen LogP contribution in [0.15, 0.2) is 47.9 Å². The number of allylic oxidation sites excluding steroid dienone is 1. The lowest BCUT2D eigenvalue weighted by Gasteiger charge is -2.23. The van der Waals surface area contributed by atoms with Crippen LogP contribution < -0.4 is 0 Å². The van der Waals surface area contributed by atoms with E-state index in [0.29, 0.717) is 5.75 Å².